The number of hydrogen-bond donors (Lipinski definition) is 1. The molecule has 4 nitrogen and oxygen atoms in total. The number of amidine groups is 1. The van der Waals surface area contributed by atoms with Crippen molar-refractivity contribution in [1.82, 2.24) is 4.90 Å². The zero-order valence-corrected chi connectivity index (χ0v) is 16.4. The molecule has 1 fully saturated rings. The van der Waals surface area contributed by atoms with Crippen molar-refractivity contribution in [2.75, 3.05) is 25.0 Å². The predicted octanol–water partition coefficient (Wildman–Crippen LogP) is 4.83. The quantitative estimate of drug-likeness (QED) is 0.828. The molecule has 2 aromatic carbocycles. The summed E-state index contributed by atoms with van der Waals surface area (Å²) < 4.78 is 0. The average Bonchev–Trinajstić information content (AvgIpc) is 2.86. The maximum atomic E-state index is 6.34. The molecule has 0 spiro atoms. The Balaban J connectivity index is 1.88. The maximum Gasteiger partial charge on any atom is 0.161 e. The zero-order chi connectivity index (χ0) is 18.6. The Bertz CT molecular complexity index is 854. The van der Waals surface area contributed by atoms with Gasteiger partial charge in [0.15, 0.2) is 6.17 Å². The van der Waals surface area contributed by atoms with Gasteiger partial charge >= 0.3 is 0 Å². The Labute approximate surface area is 166 Å². The largest absolute Gasteiger partial charge is 0.341 e. The van der Waals surface area contributed by atoms with Crippen LogP contribution in [0.1, 0.15) is 37.3 Å². The summed E-state index contributed by atoms with van der Waals surface area (Å²) in [5.41, 5.74) is 4.10. The van der Waals surface area contributed by atoms with Crippen molar-refractivity contribution in [3.05, 3.63) is 64.7 Å². The van der Waals surface area contributed by atoms with Gasteiger partial charge in [0, 0.05) is 41.5 Å². The third kappa shape index (κ3) is 3.92. The lowest BCUT2D eigenvalue weighted by Crippen LogP contribution is -2.45. The van der Waals surface area contributed by atoms with E-state index in [9.17, 15) is 0 Å². The van der Waals surface area contributed by atoms with Gasteiger partial charge in [0.25, 0.3) is 0 Å². The lowest BCUT2D eigenvalue weighted by atomic mass is 10.0. The number of piperidine rings is 1. The fourth-order valence-corrected chi connectivity index (χ4v) is 3.98. The van der Waals surface area contributed by atoms with Crippen LogP contribution in [0.15, 0.2) is 58.5 Å². The Kier molecular flexibility index (Phi) is 5.55. The fraction of sp³-hybridized carbons (Fsp3) is 0.364. The standard InChI is InChI=1S/C22H25ClN4/c1-2-24-21-22(27-13-7-4-8-14-27)26-20(16-9-5-3-6-10-16)18-15-17(23)11-12-19(18)25-21/h3,5-6,9-12,15,22H,2,4,7-8,13-14H2,1H3,(H,24,25). The van der Waals surface area contributed by atoms with Crippen LogP contribution in [0.4, 0.5) is 5.69 Å². The lowest BCUT2D eigenvalue weighted by Gasteiger charge is -2.32. The molecule has 2 aromatic rings. The van der Waals surface area contributed by atoms with Crippen molar-refractivity contribution in [2.45, 2.75) is 32.4 Å². The van der Waals surface area contributed by atoms with Gasteiger partial charge in [0.2, 0.25) is 0 Å². The van der Waals surface area contributed by atoms with E-state index >= 15 is 0 Å². The van der Waals surface area contributed by atoms with Gasteiger partial charge in [0.1, 0.15) is 5.84 Å². The number of fused-ring (bicyclic) bond motifs is 1. The summed E-state index contributed by atoms with van der Waals surface area (Å²) in [4.78, 5) is 12.5. The molecule has 2 aliphatic rings. The van der Waals surface area contributed by atoms with Gasteiger partial charge in [-0.25, -0.2) is 0 Å². The Morgan fingerprint density at radius 2 is 1.89 bits per heavy atom. The predicted molar refractivity (Wildman–Crippen MR) is 114 cm³/mol. The van der Waals surface area contributed by atoms with Gasteiger partial charge in [-0.2, -0.15) is 0 Å². The van der Waals surface area contributed by atoms with Crippen LogP contribution in [-0.4, -0.2) is 42.2 Å². The number of anilines is 1. The smallest absolute Gasteiger partial charge is 0.161 e. The molecule has 1 unspecified atom stereocenters. The molecule has 0 aromatic heterocycles. The summed E-state index contributed by atoms with van der Waals surface area (Å²) in [7, 11) is 0. The van der Waals surface area contributed by atoms with E-state index in [-0.39, 0.29) is 6.17 Å². The molecular weight excluding hydrogens is 356 g/mol. The first-order chi connectivity index (χ1) is 13.3. The van der Waals surface area contributed by atoms with E-state index < -0.39 is 0 Å². The summed E-state index contributed by atoms with van der Waals surface area (Å²) in [6, 6.07) is 16.3. The zero-order valence-electron chi connectivity index (χ0n) is 15.7. The molecule has 0 bridgehead atoms. The van der Waals surface area contributed by atoms with Crippen molar-refractivity contribution >= 4 is 28.8 Å². The number of hydrogen-bond acceptors (Lipinski definition) is 3. The Hall–Kier alpha value is -2.17. The monoisotopic (exact) mass is 380 g/mol. The number of halogens is 1. The highest BCUT2D eigenvalue weighted by molar-refractivity contribution is 6.32. The molecule has 0 radical (unpaired) electrons. The van der Waals surface area contributed by atoms with Crippen molar-refractivity contribution in [3.63, 3.8) is 0 Å². The van der Waals surface area contributed by atoms with Gasteiger partial charge in [-0.3, -0.25) is 14.9 Å². The van der Waals surface area contributed by atoms with E-state index in [1.807, 2.05) is 24.3 Å². The first-order valence-corrected chi connectivity index (χ1v) is 10.1. The van der Waals surface area contributed by atoms with E-state index in [0.717, 1.165) is 48.0 Å². The van der Waals surface area contributed by atoms with Crippen LogP contribution < -0.4 is 5.32 Å². The van der Waals surface area contributed by atoms with E-state index in [1.54, 1.807) is 0 Å². The molecule has 27 heavy (non-hydrogen) atoms. The molecule has 2 aliphatic heterocycles. The van der Waals surface area contributed by atoms with Gasteiger partial charge in [-0.1, -0.05) is 48.4 Å². The van der Waals surface area contributed by atoms with Crippen LogP contribution in [0.25, 0.3) is 0 Å². The molecule has 0 amide bonds. The van der Waals surface area contributed by atoms with Crippen molar-refractivity contribution in [1.29, 1.82) is 0 Å². The number of nitrogens with zero attached hydrogens (tertiary/aromatic N) is 3. The van der Waals surface area contributed by atoms with E-state index in [0.29, 0.717) is 5.02 Å². The second-order valence-corrected chi connectivity index (χ2v) is 7.42. The van der Waals surface area contributed by atoms with Gasteiger partial charge in [-0.15, -0.1) is 0 Å². The molecule has 1 atom stereocenters. The minimum absolute atomic E-state index is 0.0911. The normalized spacial score (nSPS) is 21.9. The molecule has 0 saturated carbocycles. The summed E-state index contributed by atoms with van der Waals surface area (Å²) in [6.45, 7) is 4.90. The van der Waals surface area contributed by atoms with E-state index in [1.165, 1.54) is 19.3 Å². The van der Waals surface area contributed by atoms with Crippen LogP contribution in [0, 0.1) is 0 Å². The molecule has 1 saturated heterocycles. The molecule has 140 valence electrons. The third-order valence-electron chi connectivity index (χ3n) is 5.11. The molecule has 5 heteroatoms. The summed E-state index contributed by atoms with van der Waals surface area (Å²) in [6.07, 6.45) is 3.63. The minimum atomic E-state index is -0.0911. The molecule has 2 heterocycles. The number of benzodiazepines with no additional fused rings is 1. The average molecular weight is 381 g/mol. The van der Waals surface area contributed by atoms with Crippen molar-refractivity contribution in [3.8, 4) is 0 Å². The molecule has 1 N–H and O–H groups in total. The molecule has 4 rings (SSSR count). The maximum absolute atomic E-state index is 6.34. The first kappa shape index (κ1) is 18.2. The number of likely N-dealkylation sites (tertiary alicyclic amines) is 1. The van der Waals surface area contributed by atoms with E-state index in [2.05, 4.69) is 41.4 Å². The highest BCUT2D eigenvalue weighted by Crippen LogP contribution is 2.29. The highest BCUT2D eigenvalue weighted by atomic mass is 35.5. The SMILES string of the molecule is CCN=C1Nc2ccc(Cl)cc2C(c2ccccc2)=NC1N1CCCCC1. The van der Waals surface area contributed by atoms with Gasteiger partial charge in [-0.05, 0) is 38.0 Å². The van der Waals surface area contributed by atoms with Gasteiger partial charge < -0.3 is 5.32 Å². The van der Waals surface area contributed by atoms with Crippen LogP contribution >= 0.6 is 11.6 Å². The molecule has 0 aliphatic carbocycles. The van der Waals surface area contributed by atoms with Crippen LogP contribution in [-0.2, 0) is 0 Å². The highest BCUT2D eigenvalue weighted by Gasteiger charge is 2.29. The Morgan fingerprint density at radius 1 is 1.11 bits per heavy atom. The van der Waals surface area contributed by atoms with Crippen molar-refractivity contribution in [2.24, 2.45) is 9.98 Å². The topological polar surface area (TPSA) is 40.0 Å². The van der Waals surface area contributed by atoms with Crippen LogP contribution in [0.5, 0.6) is 0 Å². The minimum Gasteiger partial charge on any atom is -0.341 e. The number of aliphatic imine (C=N–C) groups is 2. The number of nitrogens with one attached hydrogen (secondary N) is 1. The van der Waals surface area contributed by atoms with Gasteiger partial charge in [0.05, 0.1) is 5.71 Å². The summed E-state index contributed by atoms with van der Waals surface area (Å²) in [5.74, 6) is 0.925. The second-order valence-electron chi connectivity index (χ2n) is 6.99. The third-order valence-corrected chi connectivity index (χ3v) is 5.34. The molecular formula is C22H25ClN4. The lowest BCUT2D eigenvalue weighted by molar-refractivity contribution is 0.206. The van der Waals surface area contributed by atoms with Crippen LogP contribution in [0.2, 0.25) is 5.02 Å². The number of rotatable bonds is 3. The number of benzene rings is 2. The summed E-state index contributed by atoms with van der Waals surface area (Å²) >= 11 is 6.34. The van der Waals surface area contributed by atoms with E-state index in [4.69, 9.17) is 21.6 Å². The van der Waals surface area contributed by atoms with Crippen LogP contribution in [0.3, 0.4) is 0 Å². The second kappa shape index (κ2) is 8.24. The van der Waals surface area contributed by atoms with Crippen molar-refractivity contribution < 1.29 is 0 Å². The summed E-state index contributed by atoms with van der Waals surface area (Å²) in [5, 5.41) is 4.28. The Morgan fingerprint density at radius 3 is 2.63 bits per heavy atom. The fourth-order valence-electron chi connectivity index (χ4n) is 3.81. The first-order valence-electron chi connectivity index (χ1n) is 9.75.